The molecule has 2 aliphatic rings. The van der Waals surface area contributed by atoms with Gasteiger partial charge in [-0.25, -0.2) is 0 Å². The molecule has 3 nitrogen and oxygen atoms in total. The van der Waals surface area contributed by atoms with Crippen LogP contribution in [0.3, 0.4) is 0 Å². The summed E-state index contributed by atoms with van der Waals surface area (Å²) < 4.78 is 0. The molecule has 1 N–H and O–H groups in total. The summed E-state index contributed by atoms with van der Waals surface area (Å²) in [4.78, 5) is 2.41. The Morgan fingerprint density at radius 2 is 2.06 bits per heavy atom. The van der Waals surface area contributed by atoms with E-state index in [0.717, 1.165) is 13.0 Å². The lowest BCUT2D eigenvalue weighted by molar-refractivity contribution is 0.132. The normalized spacial score (nSPS) is 33.5. The molecule has 2 rings (SSSR count). The van der Waals surface area contributed by atoms with Crippen LogP contribution in [0, 0.1) is 22.7 Å². The maximum Gasteiger partial charge on any atom is 0.0672 e. The predicted molar refractivity (Wildman–Crippen MR) is 69.6 cm³/mol. The van der Waals surface area contributed by atoms with Gasteiger partial charge in [-0.05, 0) is 51.2 Å². The Morgan fingerprint density at radius 1 is 1.35 bits per heavy atom. The van der Waals surface area contributed by atoms with Crippen LogP contribution >= 0.6 is 0 Å². The molecule has 17 heavy (non-hydrogen) atoms. The van der Waals surface area contributed by atoms with E-state index in [1.165, 1.54) is 38.8 Å². The molecular weight excluding hydrogens is 210 g/mol. The first-order chi connectivity index (χ1) is 8.13. The summed E-state index contributed by atoms with van der Waals surface area (Å²) in [6, 6.07) is 2.91. The molecule has 0 aromatic carbocycles. The molecule has 1 aliphatic carbocycles. The van der Waals surface area contributed by atoms with Gasteiger partial charge in [0.25, 0.3) is 0 Å². The minimum Gasteiger partial charge on any atom is -0.312 e. The number of piperidine rings is 1. The van der Waals surface area contributed by atoms with Gasteiger partial charge in [0.15, 0.2) is 0 Å². The van der Waals surface area contributed by atoms with Crippen LogP contribution < -0.4 is 5.32 Å². The third kappa shape index (κ3) is 3.20. The third-order valence-electron chi connectivity index (χ3n) is 4.67. The minimum atomic E-state index is 0.255. The van der Waals surface area contributed by atoms with Gasteiger partial charge in [0, 0.05) is 12.6 Å². The molecule has 1 aliphatic heterocycles. The van der Waals surface area contributed by atoms with Gasteiger partial charge < -0.3 is 10.2 Å². The molecule has 0 spiro atoms. The molecule has 2 unspecified atom stereocenters. The van der Waals surface area contributed by atoms with Crippen LogP contribution in [0.15, 0.2) is 0 Å². The molecule has 1 saturated heterocycles. The zero-order valence-electron chi connectivity index (χ0n) is 11.2. The molecule has 96 valence electrons. The van der Waals surface area contributed by atoms with Gasteiger partial charge in [-0.2, -0.15) is 5.26 Å². The Labute approximate surface area is 105 Å². The number of nitrogens with zero attached hydrogens (tertiary/aromatic N) is 2. The molecule has 1 heterocycles. The number of nitriles is 1. The van der Waals surface area contributed by atoms with E-state index in [1.54, 1.807) is 0 Å². The number of likely N-dealkylation sites (tertiary alicyclic amines) is 1. The molecule has 0 aromatic heterocycles. The highest BCUT2D eigenvalue weighted by atomic mass is 15.1. The summed E-state index contributed by atoms with van der Waals surface area (Å²) in [6.45, 7) is 5.90. The van der Waals surface area contributed by atoms with Crippen molar-refractivity contribution in [3.05, 3.63) is 0 Å². The smallest absolute Gasteiger partial charge is 0.0672 e. The quantitative estimate of drug-likeness (QED) is 0.813. The van der Waals surface area contributed by atoms with Gasteiger partial charge in [-0.3, -0.25) is 0 Å². The number of hydrogen-bond donors (Lipinski definition) is 1. The fraction of sp³-hybridized carbons (Fsp3) is 0.929. The van der Waals surface area contributed by atoms with Crippen LogP contribution in [-0.2, 0) is 0 Å². The summed E-state index contributed by atoms with van der Waals surface area (Å²) in [5.74, 6) is 0.255. The Bertz CT molecular complexity index is 286. The maximum absolute atomic E-state index is 9.08. The molecular formula is C14H25N3. The Balaban J connectivity index is 1.79. The largest absolute Gasteiger partial charge is 0.312 e. The Morgan fingerprint density at radius 3 is 2.71 bits per heavy atom. The van der Waals surface area contributed by atoms with Crippen molar-refractivity contribution in [2.75, 3.05) is 26.7 Å². The number of hydrogen-bond acceptors (Lipinski definition) is 3. The average molecular weight is 235 g/mol. The highest BCUT2D eigenvalue weighted by Gasteiger charge is 2.32. The molecule has 0 amide bonds. The van der Waals surface area contributed by atoms with Crippen molar-refractivity contribution in [1.29, 1.82) is 5.26 Å². The van der Waals surface area contributed by atoms with E-state index >= 15 is 0 Å². The van der Waals surface area contributed by atoms with E-state index in [9.17, 15) is 0 Å². The fourth-order valence-electron chi connectivity index (χ4n) is 3.07. The summed E-state index contributed by atoms with van der Waals surface area (Å²) >= 11 is 0. The predicted octanol–water partition coefficient (Wildman–Crippen LogP) is 2.00. The van der Waals surface area contributed by atoms with Gasteiger partial charge in [-0.15, -0.1) is 0 Å². The van der Waals surface area contributed by atoms with Gasteiger partial charge in [0.1, 0.15) is 0 Å². The summed E-state index contributed by atoms with van der Waals surface area (Å²) in [5.41, 5.74) is 0.440. The van der Waals surface area contributed by atoms with Crippen molar-refractivity contribution in [3.8, 4) is 6.07 Å². The molecule has 1 saturated carbocycles. The lowest BCUT2D eigenvalue weighted by Crippen LogP contribution is -2.45. The van der Waals surface area contributed by atoms with E-state index in [2.05, 4.69) is 30.3 Å². The van der Waals surface area contributed by atoms with Gasteiger partial charge in [0.2, 0.25) is 0 Å². The van der Waals surface area contributed by atoms with E-state index in [0.29, 0.717) is 11.5 Å². The van der Waals surface area contributed by atoms with E-state index in [4.69, 9.17) is 5.26 Å². The molecule has 2 atom stereocenters. The van der Waals surface area contributed by atoms with Crippen molar-refractivity contribution in [3.63, 3.8) is 0 Å². The summed E-state index contributed by atoms with van der Waals surface area (Å²) in [7, 11) is 2.20. The van der Waals surface area contributed by atoms with Crippen molar-refractivity contribution >= 4 is 0 Å². The van der Waals surface area contributed by atoms with E-state index in [1.807, 2.05) is 0 Å². The van der Waals surface area contributed by atoms with Gasteiger partial charge >= 0.3 is 0 Å². The highest BCUT2D eigenvalue weighted by molar-refractivity contribution is 4.97. The van der Waals surface area contributed by atoms with E-state index < -0.39 is 0 Å². The zero-order valence-corrected chi connectivity index (χ0v) is 11.2. The molecule has 0 bridgehead atoms. The molecule has 3 heteroatoms. The first-order valence-corrected chi connectivity index (χ1v) is 6.94. The van der Waals surface area contributed by atoms with Gasteiger partial charge in [0.05, 0.1) is 12.0 Å². The second-order valence-electron chi connectivity index (χ2n) is 6.27. The van der Waals surface area contributed by atoms with Crippen LogP contribution in [0.5, 0.6) is 0 Å². The molecule has 0 aromatic rings. The third-order valence-corrected chi connectivity index (χ3v) is 4.67. The second-order valence-corrected chi connectivity index (χ2v) is 6.27. The standard InChI is InChI=1S/C14H25N3/c1-14(6-8-17(2)9-7-14)11-16-13-5-3-4-12(13)10-15/h12-13,16H,3-9,11H2,1-2H3. The van der Waals surface area contributed by atoms with E-state index in [-0.39, 0.29) is 5.92 Å². The van der Waals surface area contributed by atoms with Crippen molar-refractivity contribution in [1.82, 2.24) is 10.2 Å². The topological polar surface area (TPSA) is 39.1 Å². The summed E-state index contributed by atoms with van der Waals surface area (Å²) in [6.07, 6.45) is 6.05. The van der Waals surface area contributed by atoms with Crippen LogP contribution in [0.2, 0.25) is 0 Å². The van der Waals surface area contributed by atoms with Crippen LogP contribution in [0.4, 0.5) is 0 Å². The average Bonchev–Trinajstić information content (AvgIpc) is 2.78. The summed E-state index contributed by atoms with van der Waals surface area (Å²) in [5, 5.41) is 12.7. The lowest BCUT2D eigenvalue weighted by atomic mass is 9.80. The number of nitrogens with one attached hydrogen (secondary N) is 1. The Kier molecular flexibility index (Phi) is 4.06. The zero-order chi connectivity index (χ0) is 12.3. The SMILES string of the molecule is CN1CCC(C)(CNC2CCCC2C#N)CC1. The van der Waals surface area contributed by atoms with Gasteiger partial charge in [-0.1, -0.05) is 13.3 Å². The lowest BCUT2D eigenvalue weighted by Gasteiger charge is -2.39. The monoisotopic (exact) mass is 235 g/mol. The Hall–Kier alpha value is -0.590. The van der Waals surface area contributed by atoms with Crippen LogP contribution in [-0.4, -0.2) is 37.6 Å². The van der Waals surface area contributed by atoms with Crippen LogP contribution in [0.25, 0.3) is 0 Å². The van der Waals surface area contributed by atoms with Crippen molar-refractivity contribution < 1.29 is 0 Å². The van der Waals surface area contributed by atoms with Crippen LogP contribution in [0.1, 0.15) is 39.0 Å². The van der Waals surface area contributed by atoms with Crippen molar-refractivity contribution in [2.45, 2.75) is 45.1 Å². The maximum atomic E-state index is 9.08. The second kappa shape index (κ2) is 5.37. The number of rotatable bonds is 3. The first-order valence-electron chi connectivity index (χ1n) is 6.94. The fourth-order valence-corrected chi connectivity index (χ4v) is 3.07. The molecule has 2 fully saturated rings. The minimum absolute atomic E-state index is 0.255. The highest BCUT2D eigenvalue weighted by Crippen LogP contribution is 2.31. The molecule has 0 radical (unpaired) electrons. The first kappa shape index (κ1) is 12.9. The van der Waals surface area contributed by atoms with Crippen molar-refractivity contribution in [2.24, 2.45) is 11.3 Å².